The van der Waals surface area contributed by atoms with E-state index in [9.17, 15) is 0 Å². The van der Waals surface area contributed by atoms with Crippen LogP contribution in [0, 0.1) is 0 Å². The van der Waals surface area contributed by atoms with Gasteiger partial charge in [0.05, 0.1) is 5.51 Å². The molecule has 0 aromatic carbocycles. The van der Waals surface area contributed by atoms with Gasteiger partial charge in [-0.3, -0.25) is 4.98 Å². The standard InChI is InChI=1S/C13H22N2S2/c1-3-6-15-12(8-11-9-14-10-16-11)13(2)5-4-7-17-13/h9-10,12,15H,3-8H2,1-2H3. The van der Waals surface area contributed by atoms with E-state index in [0.29, 0.717) is 10.8 Å². The highest BCUT2D eigenvalue weighted by atomic mass is 32.2. The first-order valence-corrected chi connectivity index (χ1v) is 8.36. The summed E-state index contributed by atoms with van der Waals surface area (Å²) in [5, 5.41) is 3.75. The molecule has 17 heavy (non-hydrogen) atoms. The normalized spacial score (nSPS) is 26.2. The van der Waals surface area contributed by atoms with E-state index in [-0.39, 0.29) is 0 Å². The monoisotopic (exact) mass is 270 g/mol. The number of thioether (sulfide) groups is 1. The minimum Gasteiger partial charge on any atom is -0.312 e. The average molecular weight is 270 g/mol. The highest BCUT2D eigenvalue weighted by Gasteiger charge is 2.37. The van der Waals surface area contributed by atoms with Crippen LogP contribution >= 0.6 is 23.1 Å². The van der Waals surface area contributed by atoms with Crippen LogP contribution in [-0.4, -0.2) is 28.1 Å². The van der Waals surface area contributed by atoms with Crippen LogP contribution in [0.15, 0.2) is 11.7 Å². The second-order valence-electron chi connectivity index (χ2n) is 4.94. The first-order chi connectivity index (χ1) is 8.24. The molecule has 1 aliphatic heterocycles. The minimum absolute atomic E-state index is 0.416. The second-order valence-corrected chi connectivity index (χ2v) is 7.54. The smallest absolute Gasteiger partial charge is 0.0794 e. The predicted octanol–water partition coefficient (Wildman–Crippen LogP) is 3.34. The number of rotatable bonds is 6. The maximum absolute atomic E-state index is 4.19. The van der Waals surface area contributed by atoms with E-state index in [1.54, 1.807) is 11.3 Å². The quantitative estimate of drug-likeness (QED) is 0.858. The third kappa shape index (κ3) is 3.46. The van der Waals surface area contributed by atoms with Crippen LogP contribution in [0.25, 0.3) is 0 Å². The lowest BCUT2D eigenvalue weighted by atomic mass is 9.93. The molecule has 0 saturated carbocycles. The molecule has 1 aromatic heterocycles. The topological polar surface area (TPSA) is 24.9 Å². The molecule has 0 amide bonds. The van der Waals surface area contributed by atoms with Crippen molar-refractivity contribution < 1.29 is 0 Å². The van der Waals surface area contributed by atoms with Gasteiger partial charge in [0.2, 0.25) is 0 Å². The third-order valence-corrected chi connectivity index (χ3v) is 5.96. The van der Waals surface area contributed by atoms with Gasteiger partial charge in [-0.15, -0.1) is 11.3 Å². The zero-order valence-electron chi connectivity index (χ0n) is 10.7. The van der Waals surface area contributed by atoms with Crippen molar-refractivity contribution in [3.8, 4) is 0 Å². The first kappa shape index (κ1) is 13.4. The summed E-state index contributed by atoms with van der Waals surface area (Å²) >= 11 is 3.93. The Hall–Kier alpha value is -0.0600. The Balaban J connectivity index is 2.02. The van der Waals surface area contributed by atoms with Crippen molar-refractivity contribution in [1.29, 1.82) is 0 Å². The Bertz CT molecular complexity index is 318. The van der Waals surface area contributed by atoms with Crippen molar-refractivity contribution in [3.63, 3.8) is 0 Å². The zero-order valence-corrected chi connectivity index (χ0v) is 12.4. The fourth-order valence-corrected chi connectivity index (χ4v) is 4.50. The molecule has 4 heteroatoms. The molecule has 2 nitrogen and oxygen atoms in total. The molecule has 1 aliphatic rings. The largest absolute Gasteiger partial charge is 0.312 e. The van der Waals surface area contributed by atoms with Crippen LogP contribution < -0.4 is 5.32 Å². The highest BCUT2D eigenvalue weighted by molar-refractivity contribution is 8.00. The molecule has 0 radical (unpaired) electrons. The lowest BCUT2D eigenvalue weighted by Crippen LogP contribution is -2.46. The first-order valence-electron chi connectivity index (χ1n) is 6.49. The van der Waals surface area contributed by atoms with Gasteiger partial charge in [0, 0.05) is 28.3 Å². The highest BCUT2D eigenvalue weighted by Crippen LogP contribution is 2.41. The summed E-state index contributed by atoms with van der Waals surface area (Å²) in [6, 6.07) is 0.593. The molecule has 2 unspecified atom stereocenters. The van der Waals surface area contributed by atoms with Crippen molar-refractivity contribution in [2.24, 2.45) is 0 Å². The van der Waals surface area contributed by atoms with Gasteiger partial charge in [-0.2, -0.15) is 11.8 Å². The summed E-state index contributed by atoms with van der Waals surface area (Å²) in [5.41, 5.74) is 1.94. The molecule has 1 saturated heterocycles. The number of hydrogen-bond acceptors (Lipinski definition) is 4. The Morgan fingerprint density at radius 1 is 1.59 bits per heavy atom. The van der Waals surface area contributed by atoms with E-state index in [4.69, 9.17) is 0 Å². The Kier molecular flexibility index (Phi) is 4.88. The van der Waals surface area contributed by atoms with Gasteiger partial charge < -0.3 is 5.32 Å². The number of nitrogens with one attached hydrogen (secondary N) is 1. The maximum atomic E-state index is 4.19. The fourth-order valence-electron chi connectivity index (χ4n) is 2.44. The summed E-state index contributed by atoms with van der Waals surface area (Å²) in [6.07, 6.45) is 7.08. The van der Waals surface area contributed by atoms with Gasteiger partial charge in [-0.1, -0.05) is 6.92 Å². The van der Waals surface area contributed by atoms with Gasteiger partial charge in [-0.25, -0.2) is 0 Å². The molecule has 2 heterocycles. The van der Waals surface area contributed by atoms with E-state index >= 15 is 0 Å². The Morgan fingerprint density at radius 3 is 3.06 bits per heavy atom. The molecule has 1 N–H and O–H groups in total. The summed E-state index contributed by atoms with van der Waals surface area (Å²) in [7, 11) is 0. The van der Waals surface area contributed by atoms with E-state index in [2.05, 4.69) is 35.9 Å². The maximum Gasteiger partial charge on any atom is 0.0794 e. The van der Waals surface area contributed by atoms with E-state index in [1.807, 2.05) is 11.7 Å². The number of aromatic nitrogens is 1. The number of nitrogens with zero attached hydrogens (tertiary/aromatic N) is 1. The molecule has 1 fully saturated rings. The van der Waals surface area contributed by atoms with Crippen molar-refractivity contribution in [2.45, 2.75) is 50.3 Å². The summed E-state index contributed by atoms with van der Waals surface area (Å²) < 4.78 is 0.416. The molecule has 96 valence electrons. The van der Waals surface area contributed by atoms with Gasteiger partial charge in [-0.05, 0) is 38.5 Å². The van der Waals surface area contributed by atoms with Crippen molar-refractivity contribution in [3.05, 3.63) is 16.6 Å². The zero-order chi connectivity index (χ0) is 12.1. The number of hydrogen-bond donors (Lipinski definition) is 1. The van der Waals surface area contributed by atoms with Crippen molar-refractivity contribution in [2.75, 3.05) is 12.3 Å². The SMILES string of the molecule is CCCNC(Cc1cncs1)C1(C)CCCS1. The van der Waals surface area contributed by atoms with Crippen LogP contribution in [-0.2, 0) is 6.42 Å². The lowest BCUT2D eigenvalue weighted by Gasteiger charge is -2.34. The fraction of sp³-hybridized carbons (Fsp3) is 0.769. The summed E-state index contributed by atoms with van der Waals surface area (Å²) in [6.45, 7) is 5.79. The van der Waals surface area contributed by atoms with Crippen LogP contribution in [0.5, 0.6) is 0 Å². The van der Waals surface area contributed by atoms with Crippen LogP contribution in [0.2, 0.25) is 0 Å². The van der Waals surface area contributed by atoms with E-state index in [1.165, 1.54) is 29.9 Å². The molecular weight excluding hydrogens is 248 g/mol. The molecule has 0 bridgehead atoms. The average Bonchev–Trinajstić information content (AvgIpc) is 2.96. The third-order valence-electron chi connectivity index (χ3n) is 3.52. The second kappa shape index (κ2) is 6.21. The van der Waals surface area contributed by atoms with Gasteiger partial charge in [0.1, 0.15) is 0 Å². The summed E-state index contributed by atoms with van der Waals surface area (Å²) in [4.78, 5) is 5.60. The minimum atomic E-state index is 0.416. The van der Waals surface area contributed by atoms with Crippen LogP contribution in [0.4, 0.5) is 0 Å². The van der Waals surface area contributed by atoms with Gasteiger partial charge >= 0.3 is 0 Å². The van der Waals surface area contributed by atoms with E-state index < -0.39 is 0 Å². The predicted molar refractivity (Wildman–Crippen MR) is 78.0 cm³/mol. The van der Waals surface area contributed by atoms with Crippen molar-refractivity contribution in [1.82, 2.24) is 10.3 Å². The van der Waals surface area contributed by atoms with Crippen molar-refractivity contribution >= 4 is 23.1 Å². The molecule has 2 atom stereocenters. The molecule has 1 aromatic rings. The van der Waals surface area contributed by atoms with E-state index in [0.717, 1.165) is 13.0 Å². The molecule has 0 aliphatic carbocycles. The van der Waals surface area contributed by atoms with Crippen LogP contribution in [0.3, 0.4) is 0 Å². The number of thiazole rings is 1. The summed E-state index contributed by atoms with van der Waals surface area (Å²) in [5.74, 6) is 1.32. The Morgan fingerprint density at radius 2 is 2.47 bits per heavy atom. The Labute approximate surface area is 113 Å². The van der Waals surface area contributed by atoms with Gasteiger partial charge in [0.15, 0.2) is 0 Å². The van der Waals surface area contributed by atoms with Crippen LogP contribution in [0.1, 0.15) is 38.0 Å². The molecule has 0 spiro atoms. The lowest BCUT2D eigenvalue weighted by molar-refractivity contribution is 0.400. The molecule has 2 rings (SSSR count). The molecular formula is C13H22N2S2. The van der Waals surface area contributed by atoms with Gasteiger partial charge in [0.25, 0.3) is 0 Å².